The average Bonchev–Trinajstić information content (AvgIpc) is 3.35. The van der Waals surface area contributed by atoms with E-state index in [1.165, 1.54) is 22.9 Å². The van der Waals surface area contributed by atoms with Crippen molar-refractivity contribution in [3.8, 4) is 0 Å². The van der Waals surface area contributed by atoms with Gasteiger partial charge >= 0.3 is 6.18 Å². The zero-order valence-electron chi connectivity index (χ0n) is 26.0. The summed E-state index contributed by atoms with van der Waals surface area (Å²) in [5, 5.41) is 0.0644. The van der Waals surface area contributed by atoms with Gasteiger partial charge in [0, 0.05) is 29.1 Å². The average molecular weight is 573 g/mol. The van der Waals surface area contributed by atoms with E-state index in [1.54, 1.807) is 6.07 Å². The number of hydrogen-bond acceptors (Lipinski definition) is 3. The number of aromatic nitrogens is 2. The molecule has 2 aliphatic rings. The summed E-state index contributed by atoms with van der Waals surface area (Å²) in [4.78, 5) is 9.21. The molecule has 0 saturated heterocycles. The second-order valence-corrected chi connectivity index (χ2v) is 19.3. The van der Waals surface area contributed by atoms with Crippen molar-refractivity contribution < 1.29 is 17.6 Å². The zero-order valence-corrected chi connectivity index (χ0v) is 27.0. The van der Waals surface area contributed by atoms with Gasteiger partial charge in [-0.3, -0.25) is 9.97 Å². The lowest BCUT2D eigenvalue weighted by Gasteiger charge is -2.45. The van der Waals surface area contributed by atoms with E-state index < -0.39 is 20.2 Å². The van der Waals surface area contributed by atoms with Crippen LogP contribution in [0.1, 0.15) is 138 Å². The van der Waals surface area contributed by atoms with Crippen LogP contribution in [0.4, 0.5) is 13.2 Å². The summed E-state index contributed by atoms with van der Waals surface area (Å²) in [6.45, 7) is 22.5. The van der Waals surface area contributed by atoms with Crippen molar-refractivity contribution in [3.63, 3.8) is 0 Å². The molecule has 0 N–H and O–H groups in total. The van der Waals surface area contributed by atoms with Crippen molar-refractivity contribution in [2.45, 2.75) is 130 Å². The maximum atomic E-state index is 13.3. The van der Waals surface area contributed by atoms with E-state index in [9.17, 15) is 13.2 Å². The molecule has 2 heterocycles. The molecule has 40 heavy (non-hydrogen) atoms. The Morgan fingerprint density at radius 1 is 1.07 bits per heavy atom. The Balaban J connectivity index is 1.99. The molecule has 2 aromatic heterocycles. The van der Waals surface area contributed by atoms with Gasteiger partial charge in [0.1, 0.15) is 5.69 Å². The van der Waals surface area contributed by atoms with E-state index in [2.05, 4.69) is 79.5 Å². The second kappa shape index (κ2) is 10.7. The molecular weight excluding hydrogens is 525 g/mol. The van der Waals surface area contributed by atoms with Gasteiger partial charge in [0.15, 0.2) is 8.32 Å². The Morgan fingerprint density at radius 2 is 1.75 bits per heavy atom. The van der Waals surface area contributed by atoms with Gasteiger partial charge in [-0.2, -0.15) is 13.2 Å². The number of allylic oxidation sites excluding steroid dienone is 2. The van der Waals surface area contributed by atoms with Gasteiger partial charge in [-0.15, -0.1) is 0 Å². The van der Waals surface area contributed by atoms with Gasteiger partial charge in [0.2, 0.25) is 0 Å². The molecule has 3 nitrogen and oxygen atoms in total. The maximum absolute atomic E-state index is 13.3. The van der Waals surface area contributed by atoms with Crippen LogP contribution in [0.25, 0.3) is 5.57 Å². The molecule has 2 aromatic rings. The number of halogens is 3. The normalized spacial score (nSPS) is 20.4. The quantitative estimate of drug-likeness (QED) is 0.323. The van der Waals surface area contributed by atoms with Crippen LogP contribution in [0.2, 0.25) is 18.1 Å². The lowest BCUT2D eigenvalue weighted by atomic mass is 9.70. The molecule has 0 bridgehead atoms. The third-order valence-electron chi connectivity index (χ3n) is 9.25. The minimum atomic E-state index is -4.46. The third kappa shape index (κ3) is 6.11. The van der Waals surface area contributed by atoms with Gasteiger partial charge in [-0.25, -0.2) is 0 Å². The summed E-state index contributed by atoms with van der Waals surface area (Å²) >= 11 is 0. The van der Waals surface area contributed by atoms with E-state index in [4.69, 9.17) is 9.41 Å². The van der Waals surface area contributed by atoms with Gasteiger partial charge < -0.3 is 4.43 Å². The highest BCUT2D eigenvalue weighted by Gasteiger charge is 2.45. The molecule has 0 spiro atoms. The third-order valence-corrected chi connectivity index (χ3v) is 13.7. The molecule has 7 heteroatoms. The highest BCUT2D eigenvalue weighted by molar-refractivity contribution is 6.74. The minimum Gasteiger partial charge on any atom is -0.410 e. The highest BCUT2D eigenvalue weighted by atomic mass is 28.4. The summed E-state index contributed by atoms with van der Waals surface area (Å²) in [6.07, 6.45) is 4.19. The van der Waals surface area contributed by atoms with E-state index >= 15 is 0 Å². The van der Waals surface area contributed by atoms with Gasteiger partial charge in [0.05, 0.1) is 6.10 Å². The van der Waals surface area contributed by atoms with Crippen molar-refractivity contribution in [2.24, 2.45) is 5.41 Å². The molecule has 2 aliphatic carbocycles. The first-order valence-corrected chi connectivity index (χ1v) is 17.7. The number of fused-ring (bicyclic) bond motifs is 1. The van der Waals surface area contributed by atoms with E-state index in [-0.39, 0.29) is 28.4 Å². The lowest BCUT2D eigenvalue weighted by molar-refractivity contribution is -0.141. The Morgan fingerprint density at radius 3 is 2.25 bits per heavy atom. The molecule has 0 aliphatic heterocycles. The number of pyridine rings is 2. The largest absolute Gasteiger partial charge is 0.433 e. The van der Waals surface area contributed by atoms with Crippen molar-refractivity contribution >= 4 is 13.9 Å². The molecular formula is C33H47F3N2OSi. The number of nitrogens with zero attached hydrogens (tertiary/aromatic N) is 2. The first-order valence-electron chi connectivity index (χ1n) is 14.8. The van der Waals surface area contributed by atoms with Crippen LogP contribution >= 0.6 is 0 Å². The minimum absolute atomic E-state index is 0.0487. The molecule has 220 valence electrons. The Labute approximate surface area is 240 Å². The van der Waals surface area contributed by atoms with Crippen LogP contribution in [-0.2, 0) is 17.0 Å². The molecule has 0 fully saturated rings. The van der Waals surface area contributed by atoms with Crippen LogP contribution < -0.4 is 0 Å². The van der Waals surface area contributed by atoms with Crippen molar-refractivity contribution in [1.82, 2.24) is 9.97 Å². The van der Waals surface area contributed by atoms with Gasteiger partial charge in [0.25, 0.3) is 0 Å². The predicted molar refractivity (Wildman–Crippen MR) is 160 cm³/mol. The number of hydrogen-bond donors (Lipinski definition) is 0. The molecule has 2 atom stereocenters. The van der Waals surface area contributed by atoms with Crippen LogP contribution in [0, 0.1) is 5.41 Å². The predicted octanol–water partition coefficient (Wildman–Crippen LogP) is 10.4. The van der Waals surface area contributed by atoms with Crippen LogP contribution in [0.5, 0.6) is 0 Å². The fourth-order valence-electron chi connectivity index (χ4n) is 6.05. The van der Waals surface area contributed by atoms with Gasteiger partial charge in [-0.1, -0.05) is 67.5 Å². The number of alkyl halides is 3. The van der Waals surface area contributed by atoms with Crippen molar-refractivity contribution in [2.75, 3.05) is 0 Å². The summed E-state index contributed by atoms with van der Waals surface area (Å²) in [5.74, 6) is 0.000602. The lowest BCUT2D eigenvalue weighted by Crippen LogP contribution is -2.44. The van der Waals surface area contributed by atoms with Crippen LogP contribution in [0.15, 0.2) is 24.4 Å². The van der Waals surface area contributed by atoms with Crippen molar-refractivity contribution in [3.05, 3.63) is 63.7 Å². The van der Waals surface area contributed by atoms with Crippen LogP contribution in [-0.4, -0.2) is 18.3 Å². The monoisotopic (exact) mass is 572 g/mol. The molecule has 0 aromatic carbocycles. The molecule has 0 amide bonds. The van der Waals surface area contributed by atoms with E-state index in [0.717, 1.165) is 60.7 Å². The Kier molecular flexibility index (Phi) is 8.27. The SMILES string of the molecule is CC(C)c1nc2c(c(C3=CCCC3)c1C(C)c1ccc(C(F)(F)F)nc1)C(O[Si](C)(C)C(C)(C)C)CC(C)(C)C2. The second-order valence-electron chi connectivity index (χ2n) is 14.5. The first kappa shape index (κ1) is 31.0. The molecule has 0 saturated carbocycles. The highest BCUT2D eigenvalue weighted by Crippen LogP contribution is 2.52. The Bertz CT molecular complexity index is 1270. The Hall–Kier alpha value is -1.99. The number of rotatable bonds is 6. The fraction of sp³-hybridized carbons (Fsp3) is 0.636. The summed E-state index contributed by atoms with van der Waals surface area (Å²) in [6, 6.07) is 2.69. The smallest absolute Gasteiger partial charge is 0.410 e. The first-order chi connectivity index (χ1) is 18.3. The maximum Gasteiger partial charge on any atom is 0.433 e. The topological polar surface area (TPSA) is 35.0 Å². The molecule has 4 rings (SSSR count). The van der Waals surface area contributed by atoms with Gasteiger partial charge in [-0.05, 0) is 89.9 Å². The van der Waals surface area contributed by atoms with Crippen molar-refractivity contribution in [1.29, 1.82) is 0 Å². The fourth-order valence-corrected chi connectivity index (χ4v) is 7.31. The van der Waals surface area contributed by atoms with Crippen LogP contribution in [0.3, 0.4) is 0 Å². The van der Waals surface area contributed by atoms with E-state index in [1.807, 2.05) is 0 Å². The summed E-state index contributed by atoms with van der Waals surface area (Å²) in [5.41, 5.74) is 7.08. The molecule has 0 radical (unpaired) electrons. The summed E-state index contributed by atoms with van der Waals surface area (Å²) in [7, 11) is -2.12. The van der Waals surface area contributed by atoms with E-state index in [0.29, 0.717) is 0 Å². The molecule has 2 unspecified atom stereocenters. The standard InChI is InChI=1S/C33H47F3N2OSi/c1-20(2)30-27(21(3)23-15-16-26(37-19-23)33(34,35)36)28(22-13-11-12-14-22)29-24(38-30)17-32(7,8)18-25(29)39-40(9,10)31(4,5)6/h13,15-16,19-21,25H,11-12,14,17-18H2,1-10H3. The zero-order chi connectivity index (χ0) is 29.8. The summed E-state index contributed by atoms with van der Waals surface area (Å²) < 4.78 is 47.1.